The Labute approximate surface area is 121 Å². The number of rotatable bonds is 1. The third-order valence-electron chi connectivity index (χ3n) is 3.56. The first-order chi connectivity index (χ1) is 10.3. The fourth-order valence-corrected chi connectivity index (χ4v) is 2.56. The number of hydrogen-bond donors (Lipinski definition) is 1. The molecule has 0 spiro atoms. The normalized spacial score (nSPS) is 15.3. The minimum absolute atomic E-state index is 0.261. The molecule has 0 radical (unpaired) electrons. The second-order valence-electron chi connectivity index (χ2n) is 4.94. The Kier molecular flexibility index (Phi) is 2.64. The summed E-state index contributed by atoms with van der Waals surface area (Å²) in [6.45, 7) is 0.261. The minimum Gasteiger partial charge on any atom is -0.454 e. The van der Waals surface area contributed by atoms with Crippen molar-refractivity contribution >= 4 is 17.6 Å². The van der Waals surface area contributed by atoms with Crippen LogP contribution in [0.25, 0.3) is 0 Å². The number of nitrogen functional groups attached to an aromatic ring is 1. The molecule has 104 valence electrons. The zero-order chi connectivity index (χ0) is 14.2. The molecule has 21 heavy (non-hydrogen) atoms. The zero-order valence-electron chi connectivity index (χ0n) is 11.2. The highest BCUT2D eigenvalue weighted by molar-refractivity contribution is 6.15. The van der Waals surface area contributed by atoms with Crippen molar-refractivity contribution in [3.63, 3.8) is 0 Å². The van der Waals surface area contributed by atoms with Crippen LogP contribution < -0.4 is 15.2 Å². The van der Waals surface area contributed by atoms with Gasteiger partial charge in [0.1, 0.15) is 5.71 Å². The van der Waals surface area contributed by atoms with Crippen LogP contribution in [0, 0.1) is 0 Å². The van der Waals surface area contributed by atoms with Crippen molar-refractivity contribution in [1.82, 2.24) is 0 Å². The molecule has 0 saturated heterocycles. The fourth-order valence-electron chi connectivity index (χ4n) is 2.56. The molecule has 0 saturated carbocycles. The molecule has 0 amide bonds. The number of nitrogens with two attached hydrogens (primary N) is 1. The molecule has 0 bridgehead atoms. The van der Waals surface area contributed by atoms with Crippen LogP contribution in [0.1, 0.15) is 16.7 Å². The maximum Gasteiger partial charge on any atom is 0.231 e. The molecular weight excluding hydrogens is 266 g/mol. The van der Waals surface area contributed by atoms with Crippen molar-refractivity contribution in [2.75, 3.05) is 12.5 Å². The quantitative estimate of drug-likeness (QED) is 0.815. The van der Waals surface area contributed by atoms with E-state index in [-0.39, 0.29) is 6.79 Å². The highest BCUT2D eigenvalue weighted by Gasteiger charge is 2.21. The lowest BCUT2D eigenvalue weighted by Gasteiger charge is -2.10. The Balaban J connectivity index is 1.90. The van der Waals surface area contributed by atoms with Gasteiger partial charge in [0.05, 0.1) is 0 Å². The SMILES string of the molecule is Nc1cccc(C2=NN=CCc3cc4c(cc32)OCO4)c1. The number of ether oxygens (including phenoxy) is 2. The molecule has 0 atom stereocenters. The number of fused-ring (bicyclic) bond motifs is 2. The largest absolute Gasteiger partial charge is 0.454 e. The number of hydrogen-bond acceptors (Lipinski definition) is 5. The number of anilines is 1. The van der Waals surface area contributed by atoms with E-state index < -0.39 is 0 Å². The molecule has 2 N–H and O–H groups in total. The standard InChI is InChI=1S/C16H13N3O2/c17-12-3-1-2-11(6-12)16-13-8-15-14(20-9-21-15)7-10(13)4-5-18-19-16/h1-3,5-8H,4,9,17H2. The molecule has 0 unspecified atom stereocenters. The molecular formula is C16H13N3O2. The predicted octanol–water partition coefficient (Wildman–Crippen LogP) is 2.38. The zero-order valence-corrected chi connectivity index (χ0v) is 11.2. The summed E-state index contributed by atoms with van der Waals surface area (Å²) < 4.78 is 10.9. The molecule has 4 rings (SSSR count). The van der Waals surface area contributed by atoms with Gasteiger partial charge in [-0.1, -0.05) is 12.1 Å². The van der Waals surface area contributed by atoms with Crippen LogP contribution in [-0.2, 0) is 6.42 Å². The van der Waals surface area contributed by atoms with E-state index in [1.165, 1.54) is 0 Å². The number of nitrogens with zero attached hydrogens (tertiary/aromatic N) is 2. The van der Waals surface area contributed by atoms with Crippen LogP contribution >= 0.6 is 0 Å². The van der Waals surface area contributed by atoms with Crippen LogP contribution in [0.3, 0.4) is 0 Å². The van der Waals surface area contributed by atoms with Gasteiger partial charge in [0, 0.05) is 29.4 Å². The van der Waals surface area contributed by atoms with Gasteiger partial charge in [-0.2, -0.15) is 10.2 Å². The van der Waals surface area contributed by atoms with E-state index in [0.29, 0.717) is 12.1 Å². The monoisotopic (exact) mass is 279 g/mol. The maximum absolute atomic E-state index is 5.88. The lowest BCUT2D eigenvalue weighted by Crippen LogP contribution is -2.06. The summed E-state index contributed by atoms with van der Waals surface area (Å²) in [5.74, 6) is 1.52. The highest BCUT2D eigenvalue weighted by Crippen LogP contribution is 2.36. The van der Waals surface area contributed by atoms with E-state index >= 15 is 0 Å². The van der Waals surface area contributed by atoms with E-state index in [2.05, 4.69) is 10.2 Å². The second-order valence-corrected chi connectivity index (χ2v) is 4.94. The highest BCUT2D eigenvalue weighted by atomic mass is 16.7. The maximum atomic E-state index is 5.88. The van der Waals surface area contributed by atoms with Crippen LogP contribution in [0.15, 0.2) is 46.6 Å². The molecule has 0 aliphatic carbocycles. The lowest BCUT2D eigenvalue weighted by molar-refractivity contribution is 0.174. The van der Waals surface area contributed by atoms with E-state index in [1.54, 1.807) is 6.21 Å². The van der Waals surface area contributed by atoms with Crippen molar-refractivity contribution in [2.24, 2.45) is 10.2 Å². The minimum atomic E-state index is 0.261. The van der Waals surface area contributed by atoms with Crippen LogP contribution in [0.4, 0.5) is 5.69 Å². The Bertz CT molecular complexity index is 781. The van der Waals surface area contributed by atoms with Gasteiger partial charge in [-0.15, -0.1) is 0 Å². The second kappa shape index (κ2) is 4.63. The first-order valence-electron chi connectivity index (χ1n) is 6.69. The molecule has 5 nitrogen and oxygen atoms in total. The van der Waals surface area contributed by atoms with Gasteiger partial charge >= 0.3 is 0 Å². The molecule has 2 aliphatic rings. The summed E-state index contributed by atoms with van der Waals surface area (Å²) in [4.78, 5) is 0. The van der Waals surface area contributed by atoms with Crippen molar-refractivity contribution in [3.8, 4) is 11.5 Å². The number of benzene rings is 2. The Morgan fingerprint density at radius 3 is 2.76 bits per heavy atom. The van der Waals surface area contributed by atoms with Gasteiger partial charge in [-0.25, -0.2) is 0 Å². The third kappa shape index (κ3) is 2.03. The fraction of sp³-hybridized carbons (Fsp3) is 0.125. The Morgan fingerprint density at radius 1 is 1.05 bits per heavy atom. The van der Waals surface area contributed by atoms with Crippen molar-refractivity contribution < 1.29 is 9.47 Å². The summed E-state index contributed by atoms with van der Waals surface area (Å²) in [6, 6.07) is 11.6. The van der Waals surface area contributed by atoms with Crippen LogP contribution in [-0.4, -0.2) is 18.7 Å². The average molecular weight is 279 g/mol. The molecule has 2 aromatic carbocycles. The Morgan fingerprint density at radius 2 is 1.90 bits per heavy atom. The van der Waals surface area contributed by atoms with E-state index in [9.17, 15) is 0 Å². The van der Waals surface area contributed by atoms with Crippen LogP contribution in [0.5, 0.6) is 11.5 Å². The van der Waals surface area contributed by atoms with Crippen LogP contribution in [0.2, 0.25) is 0 Å². The van der Waals surface area contributed by atoms with Gasteiger partial charge < -0.3 is 15.2 Å². The summed E-state index contributed by atoms with van der Waals surface area (Å²) in [6.07, 6.45) is 2.50. The third-order valence-corrected chi connectivity index (χ3v) is 3.56. The summed E-state index contributed by atoms with van der Waals surface area (Å²) in [7, 11) is 0. The van der Waals surface area contributed by atoms with Crippen molar-refractivity contribution in [3.05, 3.63) is 53.1 Å². The molecule has 0 fully saturated rings. The smallest absolute Gasteiger partial charge is 0.231 e. The van der Waals surface area contributed by atoms with Gasteiger partial charge in [-0.05, 0) is 29.8 Å². The molecule has 2 aliphatic heterocycles. The van der Waals surface area contributed by atoms with Crippen molar-refractivity contribution in [1.29, 1.82) is 0 Å². The summed E-state index contributed by atoms with van der Waals surface area (Å²) in [5.41, 5.74) is 10.4. The van der Waals surface area contributed by atoms with Gasteiger partial charge in [-0.3, -0.25) is 0 Å². The lowest BCUT2D eigenvalue weighted by atomic mass is 9.95. The first-order valence-corrected chi connectivity index (χ1v) is 6.69. The summed E-state index contributed by atoms with van der Waals surface area (Å²) >= 11 is 0. The topological polar surface area (TPSA) is 69.2 Å². The Hall–Kier alpha value is -2.82. The molecule has 5 heteroatoms. The van der Waals surface area contributed by atoms with Gasteiger partial charge in [0.25, 0.3) is 0 Å². The predicted molar refractivity (Wildman–Crippen MR) is 81.3 cm³/mol. The molecule has 2 heterocycles. The van der Waals surface area contributed by atoms with E-state index in [1.807, 2.05) is 36.4 Å². The first kappa shape index (κ1) is 12.0. The summed E-state index contributed by atoms with van der Waals surface area (Å²) in [5, 5.41) is 8.45. The molecule has 2 aromatic rings. The van der Waals surface area contributed by atoms with Gasteiger partial charge in [0.15, 0.2) is 11.5 Å². The van der Waals surface area contributed by atoms with E-state index in [4.69, 9.17) is 15.2 Å². The van der Waals surface area contributed by atoms with E-state index in [0.717, 1.165) is 33.9 Å². The average Bonchev–Trinajstić information content (AvgIpc) is 2.83. The van der Waals surface area contributed by atoms with Crippen molar-refractivity contribution in [2.45, 2.75) is 6.42 Å². The van der Waals surface area contributed by atoms with Gasteiger partial charge in [0.2, 0.25) is 6.79 Å². The molecule has 0 aromatic heterocycles.